The maximum atomic E-state index is 11.8. The van der Waals surface area contributed by atoms with Crippen molar-refractivity contribution in [3.63, 3.8) is 0 Å². The fraction of sp³-hybridized carbons (Fsp3) is 0.714. The molecule has 0 radical (unpaired) electrons. The second-order valence-corrected chi connectivity index (χ2v) is 10.2. The summed E-state index contributed by atoms with van der Waals surface area (Å²) in [6, 6.07) is 2.19. The van der Waals surface area contributed by atoms with Gasteiger partial charge in [0.15, 0.2) is 0 Å². The van der Waals surface area contributed by atoms with Crippen LogP contribution in [-0.2, 0) is 4.79 Å². The smallest absolute Gasteiger partial charge is 0.137 e. The number of piperidine rings is 1. The molecule has 2 saturated heterocycles. The Hall–Kier alpha value is -0.340. The first-order chi connectivity index (χ1) is 13.7. The van der Waals surface area contributed by atoms with Gasteiger partial charge in [-0.1, -0.05) is 11.8 Å². The lowest BCUT2D eigenvalue weighted by Crippen LogP contribution is -2.44. The molecule has 0 aromatic carbocycles. The van der Waals surface area contributed by atoms with Gasteiger partial charge in [-0.05, 0) is 99.2 Å². The van der Waals surface area contributed by atoms with Crippen molar-refractivity contribution in [2.45, 2.75) is 49.6 Å². The van der Waals surface area contributed by atoms with Gasteiger partial charge in [-0.15, -0.1) is 12.4 Å². The Kier molecular flexibility index (Phi) is 9.11. The van der Waals surface area contributed by atoms with E-state index in [2.05, 4.69) is 41.7 Å². The highest BCUT2D eigenvalue weighted by molar-refractivity contribution is 9.10. The summed E-state index contributed by atoms with van der Waals surface area (Å²) in [6.07, 6.45) is 10.5. The molecule has 0 bridgehead atoms. The second-order valence-electron chi connectivity index (χ2n) is 8.32. The van der Waals surface area contributed by atoms with Crippen LogP contribution in [0.2, 0.25) is 0 Å². The summed E-state index contributed by atoms with van der Waals surface area (Å²) in [5.41, 5.74) is 1.20. The Morgan fingerprint density at radius 2 is 1.97 bits per heavy atom. The Bertz CT molecular complexity index is 668. The van der Waals surface area contributed by atoms with Crippen LogP contribution >= 0.6 is 40.1 Å². The third-order valence-corrected chi connectivity index (χ3v) is 7.98. The normalized spacial score (nSPS) is 21.8. The lowest BCUT2D eigenvalue weighted by molar-refractivity contribution is -0.113. The summed E-state index contributed by atoms with van der Waals surface area (Å²) >= 11 is 5.31. The average Bonchev–Trinajstić information content (AvgIpc) is 3.37. The third-order valence-electron chi connectivity index (χ3n) is 6.52. The molecule has 0 saturated carbocycles. The first kappa shape index (κ1) is 23.3. The first-order valence-electron chi connectivity index (χ1n) is 10.7. The Morgan fingerprint density at radius 3 is 2.69 bits per heavy atom. The van der Waals surface area contributed by atoms with Gasteiger partial charge >= 0.3 is 0 Å². The number of thioether (sulfide) groups is 1. The number of aldehydes is 1. The molecule has 162 valence electrons. The van der Waals surface area contributed by atoms with E-state index in [9.17, 15) is 4.79 Å². The number of rotatable bonds is 8. The lowest BCUT2D eigenvalue weighted by Gasteiger charge is -2.36. The molecular formula is C21H32BrClN4OS. The third kappa shape index (κ3) is 6.10. The number of aromatic nitrogens is 1. The van der Waals surface area contributed by atoms with E-state index in [1.54, 1.807) is 11.8 Å². The summed E-state index contributed by atoms with van der Waals surface area (Å²) in [5.74, 6) is 1.78. The van der Waals surface area contributed by atoms with E-state index in [4.69, 9.17) is 0 Å². The molecule has 0 spiro atoms. The lowest BCUT2D eigenvalue weighted by atomic mass is 9.92. The Morgan fingerprint density at radius 1 is 1.21 bits per heavy atom. The molecule has 1 atom stereocenters. The maximum Gasteiger partial charge on any atom is 0.137 e. The maximum absolute atomic E-state index is 11.8. The van der Waals surface area contributed by atoms with Crippen molar-refractivity contribution in [2.24, 2.45) is 5.92 Å². The monoisotopic (exact) mass is 502 g/mol. The fourth-order valence-corrected chi connectivity index (χ4v) is 6.05. The van der Waals surface area contributed by atoms with E-state index < -0.39 is 0 Å². The number of likely N-dealkylation sites (tertiary alicyclic amines) is 2. The van der Waals surface area contributed by atoms with Crippen molar-refractivity contribution in [3.8, 4) is 0 Å². The van der Waals surface area contributed by atoms with Crippen LogP contribution in [0.15, 0.2) is 21.8 Å². The summed E-state index contributed by atoms with van der Waals surface area (Å²) < 4.78 is 1.02. The van der Waals surface area contributed by atoms with Crippen molar-refractivity contribution in [1.82, 2.24) is 14.8 Å². The van der Waals surface area contributed by atoms with Crippen LogP contribution in [0.4, 0.5) is 5.69 Å². The number of carbonyl (C=O) groups excluding carboxylic acids is 1. The van der Waals surface area contributed by atoms with Gasteiger partial charge in [0.25, 0.3) is 0 Å². The Labute approximate surface area is 193 Å². The highest BCUT2D eigenvalue weighted by Gasteiger charge is 2.27. The zero-order valence-electron chi connectivity index (χ0n) is 17.0. The van der Waals surface area contributed by atoms with Gasteiger partial charge in [-0.2, -0.15) is 0 Å². The molecule has 1 aromatic rings. The molecule has 29 heavy (non-hydrogen) atoms. The van der Waals surface area contributed by atoms with E-state index in [-0.39, 0.29) is 18.4 Å². The highest BCUT2D eigenvalue weighted by Crippen LogP contribution is 2.38. The molecule has 8 heteroatoms. The van der Waals surface area contributed by atoms with Gasteiger partial charge in [-0.25, -0.2) is 4.98 Å². The van der Waals surface area contributed by atoms with Gasteiger partial charge in [0, 0.05) is 17.2 Å². The molecular weight excluding hydrogens is 472 g/mol. The van der Waals surface area contributed by atoms with Crippen molar-refractivity contribution in [3.05, 3.63) is 16.7 Å². The van der Waals surface area contributed by atoms with Crippen LogP contribution < -0.4 is 4.90 Å². The molecule has 3 aliphatic rings. The fourth-order valence-electron chi connectivity index (χ4n) is 4.72. The summed E-state index contributed by atoms with van der Waals surface area (Å²) in [5, 5.41) is 1.10. The van der Waals surface area contributed by atoms with Crippen molar-refractivity contribution < 1.29 is 4.79 Å². The summed E-state index contributed by atoms with van der Waals surface area (Å²) in [7, 11) is 0. The van der Waals surface area contributed by atoms with Gasteiger partial charge in [0.05, 0.1) is 17.6 Å². The van der Waals surface area contributed by atoms with Crippen molar-refractivity contribution in [1.29, 1.82) is 0 Å². The van der Waals surface area contributed by atoms with Gasteiger partial charge in [0.1, 0.15) is 11.3 Å². The van der Waals surface area contributed by atoms with Crippen molar-refractivity contribution >= 4 is 52.1 Å². The van der Waals surface area contributed by atoms with E-state index >= 15 is 0 Å². The number of hydrogen-bond acceptors (Lipinski definition) is 6. The molecule has 0 aliphatic carbocycles. The van der Waals surface area contributed by atoms with Gasteiger partial charge in [-0.3, -0.25) is 4.90 Å². The molecule has 0 amide bonds. The summed E-state index contributed by atoms with van der Waals surface area (Å²) in [6.45, 7) is 6.94. The first-order valence-corrected chi connectivity index (χ1v) is 12.5. The standard InChI is InChI=1S/C21H31BrN4OS.ClH/c22-18-13-20-21(23-14-18)28-16-26(20)12-6-19(15-27)25-10-4-17(5-11-25)3-9-24-7-1-2-8-24;/h13-15,17,19H,1-12,16H2;1H. The van der Waals surface area contributed by atoms with Crippen LogP contribution in [-0.4, -0.2) is 72.3 Å². The quantitative estimate of drug-likeness (QED) is 0.493. The number of carbonyl (C=O) groups is 1. The molecule has 1 aromatic heterocycles. The predicted octanol–water partition coefficient (Wildman–Crippen LogP) is 4.29. The minimum Gasteiger partial charge on any atom is -0.360 e. The largest absolute Gasteiger partial charge is 0.360 e. The molecule has 1 unspecified atom stereocenters. The van der Waals surface area contributed by atoms with Crippen LogP contribution in [0.25, 0.3) is 0 Å². The van der Waals surface area contributed by atoms with Crippen LogP contribution in [0.5, 0.6) is 0 Å². The number of fused-ring (bicyclic) bond motifs is 1. The molecule has 0 N–H and O–H groups in total. The molecule has 4 rings (SSSR count). The number of pyridine rings is 1. The average molecular weight is 504 g/mol. The topological polar surface area (TPSA) is 39.7 Å². The van der Waals surface area contributed by atoms with E-state index in [1.807, 2.05) is 6.20 Å². The van der Waals surface area contributed by atoms with E-state index in [0.29, 0.717) is 0 Å². The minimum absolute atomic E-state index is 0. The molecule has 5 nitrogen and oxygen atoms in total. The van der Waals surface area contributed by atoms with E-state index in [0.717, 1.165) is 47.3 Å². The van der Waals surface area contributed by atoms with Gasteiger partial charge < -0.3 is 14.6 Å². The number of hydrogen-bond donors (Lipinski definition) is 0. The minimum atomic E-state index is 0. The number of nitrogens with zero attached hydrogens (tertiary/aromatic N) is 4. The number of halogens is 2. The highest BCUT2D eigenvalue weighted by atomic mass is 79.9. The van der Waals surface area contributed by atoms with Gasteiger partial charge in [0.2, 0.25) is 0 Å². The van der Waals surface area contributed by atoms with Crippen LogP contribution in [0, 0.1) is 5.92 Å². The zero-order chi connectivity index (χ0) is 19.3. The molecule has 3 aliphatic heterocycles. The number of anilines is 1. The van der Waals surface area contributed by atoms with Crippen LogP contribution in [0.3, 0.4) is 0 Å². The molecule has 2 fully saturated rings. The predicted molar refractivity (Wildman–Crippen MR) is 126 cm³/mol. The summed E-state index contributed by atoms with van der Waals surface area (Å²) in [4.78, 5) is 23.7. The van der Waals surface area contributed by atoms with E-state index in [1.165, 1.54) is 63.7 Å². The Balaban J connectivity index is 0.00000240. The molecule has 4 heterocycles. The SMILES string of the molecule is Cl.O=CC(CCN1CSc2ncc(Br)cc21)N1CCC(CCN2CCCC2)CC1. The van der Waals surface area contributed by atoms with Crippen molar-refractivity contribution in [2.75, 3.05) is 50.0 Å². The second kappa shape index (κ2) is 11.3. The zero-order valence-corrected chi connectivity index (χ0v) is 20.2. The van der Waals surface area contributed by atoms with Crippen LogP contribution in [0.1, 0.15) is 38.5 Å².